The van der Waals surface area contributed by atoms with Crippen LogP contribution in [-0.2, 0) is 6.54 Å². The molecule has 0 saturated carbocycles. The predicted molar refractivity (Wildman–Crippen MR) is 87.3 cm³/mol. The monoisotopic (exact) mass is 290 g/mol. The molecule has 110 valence electrons. The van der Waals surface area contributed by atoms with Crippen LogP contribution in [0.4, 0.5) is 0 Å². The van der Waals surface area contributed by atoms with Crippen LogP contribution in [0, 0.1) is 25.2 Å². The molecule has 4 heteroatoms. The first-order chi connectivity index (χ1) is 10.7. The number of aryl methyl sites for hydroxylation is 3. The van der Waals surface area contributed by atoms with Crippen LogP contribution in [0.15, 0.2) is 36.5 Å². The third-order valence-electron chi connectivity index (χ3n) is 3.78. The molecule has 0 spiro atoms. The number of hydrogen-bond donors (Lipinski definition) is 0. The third kappa shape index (κ3) is 2.58. The van der Waals surface area contributed by atoms with Crippen LogP contribution in [-0.4, -0.2) is 14.5 Å². The minimum absolute atomic E-state index is 0.540. The van der Waals surface area contributed by atoms with Gasteiger partial charge in [0.1, 0.15) is 11.3 Å². The minimum Gasteiger partial charge on any atom is -0.309 e. The number of hydrogen-bond acceptors (Lipinski definition) is 3. The molecule has 0 aliphatic rings. The van der Waals surface area contributed by atoms with E-state index in [1.807, 2.05) is 25.3 Å². The van der Waals surface area contributed by atoms with Crippen molar-refractivity contribution in [3.63, 3.8) is 0 Å². The fourth-order valence-electron chi connectivity index (χ4n) is 2.67. The van der Waals surface area contributed by atoms with Gasteiger partial charge in [-0.25, -0.2) is 9.97 Å². The average molecular weight is 290 g/mol. The lowest BCUT2D eigenvalue weighted by Gasteiger charge is -2.09. The molecule has 0 radical (unpaired) electrons. The summed E-state index contributed by atoms with van der Waals surface area (Å²) in [6, 6.07) is 12.5. The minimum atomic E-state index is 0.540. The molecule has 0 fully saturated rings. The Labute approximate surface area is 130 Å². The number of fused-ring (bicyclic) bond motifs is 1. The Morgan fingerprint density at radius 3 is 2.82 bits per heavy atom. The Bertz CT molecular complexity index is 855. The number of rotatable bonds is 4. The Kier molecular flexibility index (Phi) is 3.88. The van der Waals surface area contributed by atoms with E-state index in [4.69, 9.17) is 10.2 Å². The van der Waals surface area contributed by atoms with E-state index in [1.54, 1.807) is 0 Å². The third-order valence-corrected chi connectivity index (χ3v) is 3.78. The second-order valence-corrected chi connectivity index (χ2v) is 5.52. The number of imidazole rings is 1. The van der Waals surface area contributed by atoms with Crippen molar-refractivity contribution in [2.24, 2.45) is 0 Å². The van der Waals surface area contributed by atoms with Gasteiger partial charge in [-0.3, -0.25) is 0 Å². The highest BCUT2D eigenvalue weighted by atomic mass is 15.1. The summed E-state index contributed by atoms with van der Waals surface area (Å²) in [6.07, 6.45) is 3.21. The van der Waals surface area contributed by atoms with Crippen molar-refractivity contribution in [2.45, 2.75) is 33.2 Å². The van der Waals surface area contributed by atoms with Gasteiger partial charge in [-0.05, 0) is 37.5 Å². The molecule has 0 aliphatic heterocycles. The maximum atomic E-state index is 8.78. The van der Waals surface area contributed by atoms with Crippen molar-refractivity contribution in [1.82, 2.24) is 14.5 Å². The molecule has 3 rings (SSSR count). The zero-order valence-corrected chi connectivity index (χ0v) is 12.9. The first-order valence-electron chi connectivity index (χ1n) is 7.46. The number of benzene rings is 1. The molecule has 2 heterocycles. The van der Waals surface area contributed by atoms with Crippen molar-refractivity contribution < 1.29 is 0 Å². The SMILES string of the molecule is Cc1cnc2c(c1)nc(-c1ccccc1C)n2CCCC#N. The zero-order valence-electron chi connectivity index (χ0n) is 12.9. The van der Waals surface area contributed by atoms with Crippen LogP contribution < -0.4 is 0 Å². The van der Waals surface area contributed by atoms with Gasteiger partial charge >= 0.3 is 0 Å². The summed E-state index contributed by atoms with van der Waals surface area (Å²) in [4.78, 5) is 9.35. The predicted octanol–water partition coefficient (Wildman–Crippen LogP) is 4.02. The molecule has 22 heavy (non-hydrogen) atoms. The highest BCUT2D eigenvalue weighted by molar-refractivity contribution is 5.78. The molecular weight excluding hydrogens is 272 g/mol. The summed E-state index contributed by atoms with van der Waals surface area (Å²) in [7, 11) is 0. The van der Waals surface area contributed by atoms with E-state index in [1.165, 1.54) is 5.56 Å². The Hall–Kier alpha value is -2.67. The van der Waals surface area contributed by atoms with Gasteiger partial charge in [0.25, 0.3) is 0 Å². The Balaban J connectivity index is 2.17. The van der Waals surface area contributed by atoms with E-state index in [0.717, 1.165) is 41.1 Å². The van der Waals surface area contributed by atoms with E-state index < -0.39 is 0 Å². The van der Waals surface area contributed by atoms with E-state index in [9.17, 15) is 0 Å². The van der Waals surface area contributed by atoms with E-state index >= 15 is 0 Å². The lowest BCUT2D eigenvalue weighted by atomic mass is 10.1. The quantitative estimate of drug-likeness (QED) is 0.682. The molecule has 2 aromatic heterocycles. The number of unbranched alkanes of at least 4 members (excludes halogenated alkanes) is 1. The fourth-order valence-corrected chi connectivity index (χ4v) is 2.67. The zero-order chi connectivity index (χ0) is 15.5. The standard InChI is InChI=1S/C18H18N4/c1-13-11-16-18(20-12-13)22(10-6-5-9-19)17(21-16)15-8-4-3-7-14(15)2/h3-4,7-8,11-12H,5-6,10H2,1-2H3. The Morgan fingerprint density at radius 2 is 2.05 bits per heavy atom. The van der Waals surface area contributed by atoms with Gasteiger partial charge in [0.2, 0.25) is 0 Å². The summed E-state index contributed by atoms with van der Waals surface area (Å²) >= 11 is 0. The number of nitriles is 1. The normalized spacial score (nSPS) is 10.8. The first kappa shape index (κ1) is 14.3. The van der Waals surface area contributed by atoms with Gasteiger partial charge in [-0.1, -0.05) is 24.3 Å². The van der Waals surface area contributed by atoms with Crippen LogP contribution in [0.3, 0.4) is 0 Å². The van der Waals surface area contributed by atoms with Crippen LogP contribution in [0.2, 0.25) is 0 Å². The van der Waals surface area contributed by atoms with Gasteiger partial charge in [-0.2, -0.15) is 5.26 Å². The summed E-state index contributed by atoms with van der Waals surface area (Å²) < 4.78 is 2.13. The molecule has 1 aromatic carbocycles. The van der Waals surface area contributed by atoms with Crippen LogP contribution in [0.1, 0.15) is 24.0 Å². The number of nitrogens with zero attached hydrogens (tertiary/aromatic N) is 4. The molecule has 0 amide bonds. The average Bonchev–Trinajstić information content (AvgIpc) is 2.85. The molecule has 3 aromatic rings. The van der Waals surface area contributed by atoms with Gasteiger partial charge < -0.3 is 4.57 Å². The van der Waals surface area contributed by atoms with E-state index in [-0.39, 0.29) is 0 Å². The molecule has 0 aliphatic carbocycles. The lowest BCUT2D eigenvalue weighted by molar-refractivity contribution is 0.670. The summed E-state index contributed by atoms with van der Waals surface area (Å²) in [6.45, 7) is 4.87. The van der Waals surface area contributed by atoms with Crippen molar-refractivity contribution in [1.29, 1.82) is 5.26 Å². The number of aromatic nitrogens is 3. The Morgan fingerprint density at radius 1 is 1.23 bits per heavy atom. The number of pyridine rings is 1. The molecular formula is C18H18N4. The van der Waals surface area contributed by atoms with Crippen molar-refractivity contribution in [3.8, 4) is 17.5 Å². The van der Waals surface area contributed by atoms with Gasteiger partial charge in [0, 0.05) is 24.7 Å². The molecule has 0 N–H and O–H groups in total. The summed E-state index contributed by atoms with van der Waals surface area (Å²) in [5.74, 6) is 0.934. The maximum absolute atomic E-state index is 8.78. The molecule has 0 unspecified atom stereocenters. The largest absolute Gasteiger partial charge is 0.309 e. The van der Waals surface area contributed by atoms with Crippen LogP contribution in [0.5, 0.6) is 0 Å². The molecule has 0 saturated heterocycles. The van der Waals surface area contributed by atoms with Gasteiger partial charge in [0.15, 0.2) is 5.65 Å². The van der Waals surface area contributed by atoms with Crippen molar-refractivity contribution in [2.75, 3.05) is 0 Å². The molecule has 4 nitrogen and oxygen atoms in total. The second-order valence-electron chi connectivity index (χ2n) is 5.52. The summed E-state index contributed by atoms with van der Waals surface area (Å²) in [5.41, 5.74) is 5.22. The molecule has 0 bridgehead atoms. The van der Waals surface area contributed by atoms with E-state index in [0.29, 0.717) is 6.42 Å². The smallest absolute Gasteiger partial charge is 0.160 e. The van der Waals surface area contributed by atoms with E-state index in [2.05, 4.69) is 40.7 Å². The second kappa shape index (κ2) is 5.98. The van der Waals surface area contributed by atoms with Gasteiger partial charge in [0.05, 0.1) is 6.07 Å². The maximum Gasteiger partial charge on any atom is 0.160 e. The fraction of sp³-hybridized carbons (Fsp3) is 0.278. The van der Waals surface area contributed by atoms with Crippen LogP contribution in [0.25, 0.3) is 22.6 Å². The highest BCUT2D eigenvalue weighted by Crippen LogP contribution is 2.27. The lowest BCUT2D eigenvalue weighted by Crippen LogP contribution is -2.02. The highest BCUT2D eigenvalue weighted by Gasteiger charge is 2.14. The first-order valence-corrected chi connectivity index (χ1v) is 7.46. The van der Waals surface area contributed by atoms with Crippen molar-refractivity contribution >= 4 is 11.2 Å². The van der Waals surface area contributed by atoms with Crippen molar-refractivity contribution in [3.05, 3.63) is 47.7 Å². The molecule has 0 atom stereocenters. The van der Waals surface area contributed by atoms with Crippen LogP contribution >= 0.6 is 0 Å². The van der Waals surface area contributed by atoms with Gasteiger partial charge in [-0.15, -0.1) is 0 Å². The summed E-state index contributed by atoms with van der Waals surface area (Å²) in [5, 5.41) is 8.78. The topological polar surface area (TPSA) is 54.5 Å².